The molecule has 1 aromatic heterocycles. The number of aliphatic hydroxyl groups excluding tert-OH is 1. The lowest BCUT2D eigenvalue weighted by Crippen LogP contribution is -2.63. The number of hydrogen-bond acceptors (Lipinski definition) is 8. The Bertz CT molecular complexity index is 1220. The smallest absolute Gasteiger partial charge is 0.410 e. The summed E-state index contributed by atoms with van der Waals surface area (Å²) in [5, 5.41) is 19.9. The number of ether oxygens (including phenoxy) is 1. The number of carboxylic acids is 1. The van der Waals surface area contributed by atoms with Gasteiger partial charge in [0.1, 0.15) is 12.3 Å². The number of carbonyl (C=O) groups excluding carboxylic acids is 3. The van der Waals surface area contributed by atoms with Crippen molar-refractivity contribution in [1.82, 2.24) is 19.4 Å². The highest BCUT2D eigenvalue weighted by Crippen LogP contribution is 2.52. The first-order valence-electron chi connectivity index (χ1n) is 12.7. The van der Waals surface area contributed by atoms with E-state index in [9.17, 15) is 29.4 Å². The maximum Gasteiger partial charge on any atom is 0.410 e. The highest BCUT2D eigenvalue weighted by molar-refractivity contribution is 8.03. The number of primary amides is 1. The largest absolute Gasteiger partial charge is 0.477 e. The van der Waals surface area contributed by atoms with E-state index in [1.54, 1.807) is 24.3 Å². The molecule has 0 aliphatic carbocycles. The minimum absolute atomic E-state index is 0.0291. The van der Waals surface area contributed by atoms with Crippen molar-refractivity contribution in [2.45, 2.75) is 56.7 Å². The van der Waals surface area contributed by atoms with E-state index in [1.807, 2.05) is 11.5 Å². The fourth-order valence-corrected chi connectivity index (χ4v) is 7.14. The number of rotatable bonds is 11. The summed E-state index contributed by atoms with van der Waals surface area (Å²) in [6.45, 7) is 7.98. The van der Waals surface area contributed by atoms with Crippen LogP contribution in [-0.4, -0.2) is 90.0 Å². The lowest BCUT2D eigenvalue weighted by Gasteiger charge is -2.46. The summed E-state index contributed by atoms with van der Waals surface area (Å²) in [4.78, 5) is 56.5. The first-order chi connectivity index (χ1) is 18.5. The van der Waals surface area contributed by atoms with Gasteiger partial charge in [0.25, 0.3) is 0 Å². The second-order valence-corrected chi connectivity index (χ2v) is 11.3. The Kier molecular flexibility index (Phi) is 8.50. The quantitative estimate of drug-likeness (QED) is 0.206. The van der Waals surface area contributed by atoms with Crippen molar-refractivity contribution < 1.29 is 34.1 Å². The van der Waals surface area contributed by atoms with E-state index in [4.69, 9.17) is 10.5 Å². The average Bonchev–Trinajstić information content (AvgIpc) is 3.56. The van der Waals surface area contributed by atoms with Crippen molar-refractivity contribution in [3.8, 4) is 0 Å². The van der Waals surface area contributed by atoms with Crippen molar-refractivity contribution in [2.24, 2.45) is 17.6 Å². The highest BCUT2D eigenvalue weighted by atomic mass is 32.2. The van der Waals surface area contributed by atoms with Crippen molar-refractivity contribution in [1.29, 1.82) is 0 Å². The number of thioether (sulfide) groups is 1. The lowest BCUT2D eigenvalue weighted by atomic mass is 9.79. The third kappa shape index (κ3) is 5.74. The molecule has 0 unspecified atom stereocenters. The molecule has 4 rings (SSSR count). The normalized spacial score (nSPS) is 27.1. The number of carbonyl (C=O) groups is 4. The SMILES string of the molecule is C=CCOC(=O)N1C[C@@H](SC2=C(C(=O)O)N3C(=O)[C@H]([C@@H](C)O)[C@H]3[C@H]2C)C[C@H]1CCn1cnc(/C=C/C(N)=O)c1. The molecular formula is C26H33N5O7S. The number of amides is 3. The fraction of sp³-hybridized carbons (Fsp3) is 0.500. The molecule has 0 spiro atoms. The Labute approximate surface area is 230 Å². The molecule has 4 heterocycles. The van der Waals surface area contributed by atoms with Gasteiger partial charge in [0, 0.05) is 47.5 Å². The summed E-state index contributed by atoms with van der Waals surface area (Å²) in [6, 6.07) is -0.572. The maximum absolute atomic E-state index is 12.9. The Morgan fingerprint density at radius 1 is 1.38 bits per heavy atom. The summed E-state index contributed by atoms with van der Waals surface area (Å²) in [5.41, 5.74) is 5.68. The molecule has 2 fully saturated rings. The topological polar surface area (TPSA) is 168 Å². The Hall–Kier alpha value is -3.58. The minimum atomic E-state index is -1.18. The molecule has 39 heavy (non-hydrogen) atoms. The second kappa shape index (κ2) is 11.7. The van der Waals surface area contributed by atoms with Gasteiger partial charge in [0.05, 0.1) is 30.1 Å². The predicted octanol–water partition coefficient (Wildman–Crippen LogP) is 1.42. The van der Waals surface area contributed by atoms with Crippen molar-refractivity contribution in [3.63, 3.8) is 0 Å². The number of carboxylic acid groups (broad SMARTS) is 1. The van der Waals surface area contributed by atoms with E-state index in [2.05, 4.69) is 11.6 Å². The van der Waals surface area contributed by atoms with E-state index in [0.717, 1.165) is 0 Å². The number of hydrogen-bond donors (Lipinski definition) is 3. The number of aromatic nitrogens is 2. The van der Waals surface area contributed by atoms with Gasteiger partial charge in [-0.1, -0.05) is 19.6 Å². The van der Waals surface area contributed by atoms with Gasteiger partial charge in [-0.25, -0.2) is 14.6 Å². The molecule has 4 N–H and O–H groups in total. The number of aliphatic hydroxyl groups is 1. The Balaban J connectivity index is 1.49. The molecule has 2 saturated heterocycles. The zero-order chi connectivity index (χ0) is 28.4. The molecule has 0 bridgehead atoms. The molecule has 0 radical (unpaired) electrons. The number of aryl methyl sites for hydroxylation is 1. The van der Waals surface area contributed by atoms with Crippen LogP contribution < -0.4 is 5.73 Å². The van der Waals surface area contributed by atoms with Gasteiger partial charge in [-0.15, -0.1) is 11.8 Å². The molecular weight excluding hydrogens is 526 g/mol. The number of likely N-dealkylation sites (tertiary alicyclic amines) is 1. The zero-order valence-corrected chi connectivity index (χ0v) is 22.6. The van der Waals surface area contributed by atoms with Crippen LogP contribution in [0.15, 0.2) is 41.9 Å². The van der Waals surface area contributed by atoms with E-state index < -0.39 is 36.0 Å². The zero-order valence-electron chi connectivity index (χ0n) is 21.8. The predicted molar refractivity (Wildman–Crippen MR) is 143 cm³/mol. The molecule has 0 aromatic carbocycles. The van der Waals surface area contributed by atoms with Gasteiger partial charge in [0.2, 0.25) is 11.8 Å². The summed E-state index contributed by atoms with van der Waals surface area (Å²) in [6.07, 6.45) is 7.48. The van der Waals surface area contributed by atoms with Crippen LogP contribution in [0.25, 0.3) is 6.08 Å². The Morgan fingerprint density at radius 2 is 2.13 bits per heavy atom. The molecule has 3 amide bonds. The summed E-state index contributed by atoms with van der Waals surface area (Å²) in [7, 11) is 0. The van der Waals surface area contributed by atoms with Gasteiger partial charge in [0.15, 0.2) is 0 Å². The molecule has 210 valence electrons. The van der Waals surface area contributed by atoms with Crippen LogP contribution >= 0.6 is 11.8 Å². The minimum Gasteiger partial charge on any atom is -0.477 e. The molecule has 1 aromatic rings. The van der Waals surface area contributed by atoms with Crippen LogP contribution in [0.2, 0.25) is 0 Å². The summed E-state index contributed by atoms with van der Waals surface area (Å²) < 4.78 is 7.17. The molecule has 0 saturated carbocycles. The number of β-lactam (4-membered cyclic amide) rings is 1. The van der Waals surface area contributed by atoms with Crippen LogP contribution in [0.1, 0.15) is 32.4 Å². The Morgan fingerprint density at radius 3 is 2.77 bits per heavy atom. The number of aliphatic carboxylic acids is 1. The van der Waals surface area contributed by atoms with Crippen LogP contribution in [0.4, 0.5) is 4.79 Å². The summed E-state index contributed by atoms with van der Waals surface area (Å²) in [5.74, 6) is -3.01. The first-order valence-corrected chi connectivity index (χ1v) is 13.6. The monoisotopic (exact) mass is 559 g/mol. The number of nitrogens with two attached hydrogens (primary N) is 1. The summed E-state index contributed by atoms with van der Waals surface area (Å²) >= 11 is 1.39. The van der Waals surface area contributed by atoms with Gasteiger partial charge >= 0.3 is 12.1 Å². The van der Waals surface area contributed by atoms with Crippen LogP contribution in [0, 0.1) is 11.8 Å². The van der Waals surface area contributed by atoms with Gasteiger partial charge in [-0.3, -0.25) is 9.59 Å². The standard InChI is InChI=1S/C26H33N5O7S/c1-4-9-38-26(37)30-12-18(10-17(30)7-8-29-11-16(28-13-29)5-6-19(27)33)39-23-14(2)21-20(15(3)32)24(34)31(21)22(23)25(35)36/h4-6,11,13-15,17-18,20-21,32H,1,7-10,12H2,2-3H3,(H2,27,33)(H,35,36)/b6-5+/t14-,15-,17-,18+,20-,21-/m1/s1. The molecule has 3 aliphatic heterocycles. The fourth-order valence-electron chi connectivity index (χ4n) is 5.58. The van der Waals surface area contributed by atoms with Crippen molar-refractivity contribution >= 4 is 41.7 Å². The molecule has 12 nitrogen and oxygen atoms in total. The third-order valence-electron chi connectivity index (χ3n) is 7.33. The lowest BCUT2D eigenvalue weighted by molar-refractivity contribution is -0.163. The first kappa shape index (κ1) is 28.4. The van der Waals surface area contributed by atoms with Crippen LogP contribution in [-0.2, 0) is 25.7 Å². The highest BCUT2D eigenvalue weighted by Gasteiger charge is 2.60. The van der Waals surface area contributed by atoms with Gasteiger partial charge < -0.3 is 35.1 Å². The van der Waals surface area contributed by atoms with E-state index in [0.29, 0.717) is 36.5 Å². The van der Waals surface area contributed by atoms with Crippen molar-refractivity contribution in [2.75, 3.05) is 13.2 Å². The van der Waals surface area contributed by atoms with Gasteiger partial charge in [-0.2, -0.15) is 0 Å². The maximum atomic E-state index is 12.9. The van der Waals surface area contributed by atoms with Crippen LogP contribution in [0.5, 0.6) is 0 Å². The molecule has 3 aliphatic rings. The number of fused-ring (bicyclic) bond motifs is 1. The number of nitrogens with zero attached hydrogens (tertiary/aromatic N) is 4. The van der Waals surface area contributed by atoms with E-state index in [1.165, 1.54) is 34.9 Å². The van der Waals surface area contributed by atoms with E-state index >= 15 is 0 Å². The average molecular weight is 560 g/mol. The van der Waals surface area contributed by atoms with Crippen molar-refractivity contribution in [3.05, 3.63) is 47.6 Å². The molecule has 13 heteroatoms. The second-order valence-electron chi connectivity index (χ2n) is 9.98. The van der Waals surface area contributed by atoms with Crippen LogP contribution in [0.3, 0.4) is 0 Å². The molecule has 6 atom stereocenters. The van der Waals surface area contributed by atoms with Gasteiger partial charge in [-0.05, 0) is 25.8 Å². The third-order valence-corrected chi connectivity index (χ3v) is 8.83. The van der Waals surface area contributed by atoms with E-state index in [-0.39, 0.29) is 35.4 Å². The number of imidazole rings is 1.